The molecule has 0 aliphatic rings. The zero-order chi connectivity index (χ0) is 19.3. The molecule has 27 heavy (non-hydrogen) atoms. The molecule has 2 aromatic heterocycles. The number of hydrogen-bond donors (Lipinski definition) is 1. The van der Waals surface area contributed by atoms with E-state index in [0.717, 1.165) is 11.4 Å². The lowest BCUT2D eigenvalue weighted by molar-refractivity contribution is 0.102. The normalized spacial score (nSPS) is 11.2. The van der Waals surface area contributed by atoms with Crippen LogP contribution in [0, 0.1) is 0 Å². The van der Waals surface area contributed by atoms with Crippen molar-refractivity contribution in [3.05, 3.63) is 83.8 Å². The summed E-state index contributed by atoms with van der Waals surface area (Å²) >= 11 is 1.51. The maximum atomic E-state index is 12.7. The number of rotatable bonds is 5. The predicted octanol–water partition coefficient (Wildman–Crippen LogP) is 5.32. The highest BCUT2D eigenvalue weighted by Crippen LogP contribution is 2.26. The number of pyridine rings is 2. The molecular weight excluding hydrogens is 354 g/mol. The number of anilines is 1. The molecule has 2 heterocycles. The molecule has 1 aromatic carbocycles. The summed E-state index contributed by atoms with van der Waals surface area (Å²) in [6, 6.07) is 17.4. The van der Waals surface area contributed by atoms with E-state index in [9.17, 15) is 4.79 Å². The number of nitrogens with one attached hydrogen (secondary N) is 1. The van der Waals surface area contributed by atoms with Crippen LogP contribution >= 0.6 is 11.8 Å². The molecule has 138 valence electrons. The van der Waals surface area contributed by atoms with Gasteiger partial charge in [0.05, 0.1) is 11.3 Å². The van der Waals surface area contributed by atoms with Crippen LogP contribution < -0.4 is 5.32 Å². The fourth-order valence-electron chi connectivity index (χ4n) is 2.56. The molecule has 0 spiro atoms. The van der Waals surface area contributed by atoms with Gasteiger partial charge in [0.2, 0.25) is 0 Å². The fourth-order valence-corrected chi connectivity index (χ4v) is 3.46. The molecule has 0 saturated heterocycles. The summed E-state index contributed by atoms with van der Waals surface area (Å²) in [5, 5.41) is 3.67. The van der Waals surface area contributed by atoms with Crippen molar-refractivity contribution in [1.82, 2.24) is 9.97 Å². The SMILES string of the molecule is CC(C)(C)c1ccc(NC(=O)c2cccnc2SCc2ccccn2)cc1. The Morgan fingerprint density at radius 1 is 0.963 bits per heavy atom. The Morgan fingerprint density at radius 2 is 1.70 bits per heavy atom. The second-order valence-electron chi connectivity index (χ2n) is 7.25. The van der Waals surface area contributed by atoms with Crippen LogP contribution in [-0.2, 0) is 11.2 Å². The highest BCUT2D eigenvalue weighted by Gasteiger charge is 2.15. The molecule has 0 fully saturated rings. The number of benzene rings is 1. The zero-order valence-electron chi connectivity index (χ0n) is 15.8. The van der Waals surface area contributed by atoms with Crippen molar-refractivity contribution in [3.8, 4) is 0 Å². The minimum Gasteiger partial charge on any atom is -0.322 e. The fraction of sp³-hybridized carbons (Fsp3) is 0.227. The summed E-state index contributed by atoms with van der Waals surface area (Å²) in [5.74, 6) is 0.508. The van der Waals surface area contributed by atoms with Crippen LogP contribution in [0.25, 0.3) is 0 Å². The van der Waals surface area contributed by atoms with E-state index in [1.54, 1.807) is 24.5 Å². The number of carbonyl (C=O) groups excluding carboxylic acids is 1. The van der Waals surface area contributed by atoms with E-state index in [0.29, 0.717) is 16.3 Å². The van der Waals surface area contributed by atoms with Gasteiger partial charge in [-0.2, -0.15) is 0 Å². The molecule has 5 heteroatoms. The lowest BCUT2D eigenvalue weighted by Gasteiger charge is -2.19. The molecule has 0 bridgehead atoms. The number of carbonyl (C=O) groups is 1. The van der Waals surface area contributed by atoms with Crippen molar-refractivity contribution >= 4 is 23.4 Å². The van der Waals surface area contributed by atoms with Gasteiger partial charge in [-0.15, -0.1) is 0 Å². The molecule has 1 amide bonds. The van der Waals surface area contributed by atoms with Crippen molar-refractivity contribution in [1.29, 1.82) is 0 Å². The summed E-state index contributed by atoms with van der Waals surface area (Å²) < 4.78 is 0. The maximum Gasteiger partial charge on any atom is 0.258 e. The van der Waals surface area contributed by atoms with Crippen molar-refractivity contribution in [2.75, 3.05) is 5.32 Å². The largest absolute Gasteiger partial charge is 0.322 e. The van der Waals surface area contributed by atoms with Gasteiger partial charge in [-0.1, -0.05) is 50.7 Å². The highest BCUT2D eigenvalue weighted by atomic mass is 32.2. The Balaban J connectivity index is 1.71. The van der Waals surface area contributed by atoms with Crippen molar-refractivity contribution in [3.63, 3.8) is 0 Å². The first-order chi connectivity index (χ1) is 12.9. The Kier molecular flexibility index (Phi) is 5.91. The monoisotopic (exact) mass is 377 g/mol. The van der Waals surface area contributed by atoms with E-state index in [-0.39, 0.29) is 11.3 Å². The first-order valence-corrected chi connectivity index (χ1v) is 9.82. The molecule has 0 saturated carbocycles. The van der Waals surface area contributed by atoms with Gasteiger partial charge < -0.3 is 5.32 Å². The van der Waals surface area contributed by atoms with Crippen LogP contribution in [0.3, 0.4) is 0 Å². The quantitative estimate of drug-likeness (QED) is 0.612. The van der Waals surface area contributed by atoms with Crippen molar-refractivity contribution in [2.45, 2.75) is 37.0 Å². The summed E-state index contributed by atoms with van der Waals surface area (Å²) in [7, 11) is 0. The topological polar surface area (TPSA) is 54.9 Å². The van der Waals surface area contributed by atoms with E-state index in [1.165, 1.54) is 17.3 Å². The van der Waals surface area contributed by atoms with E-state index < -0.39 is 0 Å². The molecule has 0 unspecified atom stereocenters. The number of hydrogen-bond acceptors (Lipinski definition) is 4. The van der Waals surface area contributed by atoms with Gasteiger partial charge in [0.1, 0.15) is 5.03 Å². The second-order valence-corrected chi connectivity index (χ2v) is 8.21. The van der Waals surface area contributed by atoms with Crippen molar-refractivity contribution in [2.24, 2.45) is 0 Å². The third-order valence-corrected chi connectivity index (χ3v) is 5.15. The van der Waals surface area contributed by atoms with E-state index >= 15 is 0 Å². The average molecular weight is 378 g/mol. The molecule has 0 radical (unpaired) electrons. The lowest BCUT2D eigenvalue weighted by Crippen LogP contribution is -2.14. The molecule has 3 aromatic rings. The Labute approximate surface area is 164 Å². The first kappa shape index (κ1) is 19.1. The van der Waals surface area contributed by atoms with E-state index in [4.69, 9.17) is 0 Å². The molecule has 4 nitrogen and oxygen atoms in total. The number of nitrogens with zero attached hydrogens (tertiary/aromatic N) is 2. The average Bonchev–Trinajstić information content (AvgIpc) is 2.67. The molecular formula is C22H23N3OS. The molecule has 0 aliphatic heterocycles. The number of aromatic nitrogens is 2. The van der Waals surface area contributed by atoms with Crippen LogP contribution in [0.2, 0.25) is 0 Å². The molecule has 1 N–H and O–H groups in total. The van der Waals surface area contributed by atoms with Gasteiger partial charge in [-0.3, -0.25) is 9.78 Å². The minimum atomic E-state index is -0.157. The number of amides is 1. The van der Waals surface area contributed by atoms with Crippen LogP contribution in [0.15, 0.2) is 72.0 Å². The summed E-state index contributed by atoms with van der Waals surface area (Å²) in [6.45, 7) is 6.50. The highest BCUT2D eigenvalue weighted by molar-refractivity contribution is 7.98. The summed E-state index contributed by atoms with van der Waals surface area (Å²) in [4.78, 5) is 21.4. The molecule has 0 atom stereocenters. The third-order valence-electron chi connectivity index (χ3n) is 4.11. The van der Waals surface area contributed by atoms with Crippen molar-refractivity contribution < 1.29 is 4.79 Å². The third kappa shape index (κ3) is 5.17. The Bertz CT molecular complexity index is 903. The van der Waals surface area contributed by atoms with Gasteiger partial charge >= 0.3 is 0 Å². The zero-order valence-corrected chi connectivity index (χ0v) is 16.6. The Morgan fingerprint density at radius 3 is 2.37 bits per heavy atom. The van der Waals surface area contributed by atoms with E-state index in [1.807, 2.05) is 30.3 Å². The Hall–Kier alpha value is -2.66. The van der Waals surface area contributed by atoms with Crippen LogP contribution in [0.1, 0.15) is 42.4 Å². The van der Waals surface area contributed by atoms with Crippen LogP contribution in [0.5, 0.6) is 0 Å². The van der Waals surface area contributed by atoms with Gasteiger partial charge in [0, 0.05) is 23.8 Å². The standard InChI is InChI=1S/C22H23N3OS/c1-22(2,3)16-9-11-17(12-10-16)25-20(26)19-8-6-14-24-21(19)27-15-18-7-4-5-13-23-18/h4-14H,15H2,1-3H3,(H,25,26). The molecule has 3 rings (SSSR count). The number of thioether (sulfide) groups is 1. The maximum absolute atomic E-state index is 12.7. The smallest absolute Gasteiger partial charge is 0.258 e. The van der Waals surface area contributed by atoms with Gasteiger partial charge in [0.15, 0.2) is 0 Å². The van der Waals surface area contributed by atoms with Gasteiger partial charge in [-0.25, -0.2) is 4.98 Å². The van der Waals surface area contributed by atoms with E-state index in [2.05, 4.69) is 48.2 Å². The summed E-state index contributed by atoms with van der Waals surface area (Å²) in [6.07, 6.45) is 3.47. The second kappa shape index (κ2) is 8.35. The first-order valence-electron chi connectivity index (χ1n) is 8.83. The lowest BCUT2D eigenvalue weighted by atomic mass is 9.87. The van der Waals surface area contributed by atoms with Crippen LogP contribution in [0.4, 0.5) is 5.69 Å². The minimum absolute atomic E-state index is 0.0845. The molecule has 0 aliphatic carbocycles. The summed E-state index contributed by atoms with van der Waals surface area (Å²) in [5.41, 5.74) is 3.61. The predicted molar refractivity (Wildman–Crippen MR) is 111 cm³/mol. The van der Waals surface area contributed by atoms with Crippen LogP contribution in [-0.4, -0.2) is 15.9 Å². The van der Waals surface area contributed by atoms with Gasteiger partial charge in [0.25, 0.3) is 5.91 Å². The van der Waals surface area contributed by atoms with Gasteiger partial charge in [-0.05, 0) is 47.4 Å².